The Morgan fingerprint density at radius 1 is 1.29 bits per heavy atom. The smallest absolute Gasteiger partial charge is 0.297 e. The van der Waals surface area contributed by atoms with Crippen LogP contribution in [-0.2, 0) is 21.5 Å². The number of amides is 2. The van der Waals surface area contributed by atoms with Crippen molar-refractivity contribution >= 4 is 46.0 Å². The number of nitrogens with zero attached hydrogens (tertiary/aromatic N) is 3. The molecular weight excluding hydrogens is 458 g/mol. The molecule has 34 heavy (non-hydrogen) atoms. The number of nitrogens with one attached hydrogen (secondary N) is 1. The van der Waals surface area contributed by atoms with Crippen LogP contribution in [0.15, 0.2) is 35.3 Å². The normalized spacial score (nSPS) is 14.7. The van der Waals surface area contributed by atoms with Crippen molar-refractivity contribution < 1.29 is 19.1 Å². The predicted octanol–water partition coefficient (Wildman–Crippen LogP) is 4.40. The Morgan fingerprint density at radius 3 is 2.65 bits per heavy atom. The molecule has 4 rings (SSSR count). The van der Waals surface area contributed by atoms with Crippen molar-refractivity contribution in [2.45, 2.75) is 45.6 Å². The van der Waals surface area contributed by atoms with Crippen molar-refractivity contribution in [1.82, 2.24) is 9.55 Å². The van der Waals surface area contributed by atoms with E-state index in [2.05, 4.69) is 26.8 Å². The fourth-order valence-corrected chi connectivity index (χ4v) is 4.07. The Kier molecular flexibility index (Phi) is 6.22. The maximum absolute atomic E-state index is 12.2. The Bertz CT molecular complexity index is 1330. The molecule has 0 aliphatic heterocycles. The molecule has 2 aromatic carbocycles. The molecule has 0 bridgehead atoms. The average molecular weight is 484 g/mol. The number of aliphatic imine (C=N–C) groups is 1. The largest absolute Gasteiger partial charge is 0.468 e. The van der Waals surface area contributed by atoms with Gasteiger partial charge in [-0.25, -0.2) is 0 Å². The van der Waals surface area contributed by atoms with Gasteiger partial charge in [-0.15, -0.1) is 0 Å². The van der Waals surface area contributed by atoms with Gasteiger partial charge in [0.1, 0.15) is 11.5 Å². The standard InChI is InChI=1S/C24H26ClN5O4/c1-5-14-10-15(28-22(32)21(26)27-13(2)31)11-17(25)20(14)34-16-6-7-18-19(12-16)30(23(29-18)33-4)24(3)8-9-24/h6-7,10-12H,5,8-9H2,1-4H3,(H,28,32)(H2,26,27,31). The Hall–Kier alpha value is -3.59. The van der Waals surface area contributed by atoms with Gasteiger partial charge >= 0.3 is 0 Å². The number of amidine groups is 1. The number of methoxy groups -OCH3 is 1. The van der Waals surface area contributed by atoms with Crippen LogP contribution >= 0.6 is 11.6 Å². The molecule has 9 nitrogen and oxygen atoms in total. The van der Waals surface area contributed by atoms with E-state index in [1.807, 2.05) is 25.1 Å². The van der Waals surface area contributed by atoms with Gasteiger partial charge in [0.05, 0.1) is 23.2 Å². The highest BCUT2D eigenvalue weighted by molar-refractivity contribution is 6.43. The molecule has 178 valence electrons. The minimum Gasteiger partial charge on any atom is -0.468 e. The van der Waals surface area contributed by atoms with Gasteiger partial charge in [-0.05, 0) is 56.0 Å². The number of aryl methyl sites for hydroxylation is 1. The fourth-order valence-electron chi connectivity index (χ4n) is 3.79. The van der Waals surface area contributed by atoms with E-state index in [1.54, 1.807) is 19.2 Å². The van der Waals surface area contributed by atoms with Gasteiger partial charge < -0.3 is 20.5 Å². The Morgan fingerprint density at radius 2 is 2.03 bits per heavy atom. The second-order valence-electron chi connectivity index (χ2n) is 8.45. The van der Waals surface area contributed by atoms with E-state index in [0.717, 1.165) is 29.4 Å². The molecule has 10 heteroatoms. The number of aromatic nitrogens is 2. The van der Waals surface area contributed by atoms with Crippen LogP contribution in [0.25, 0.3) is 11.0 Å². The summed E-state index contributed by atoms with van der Waals surface area (Å²) >= 11 is 6.54. The number of ether oxygens (including phenoxy) is 2. The molecule has 1 fully saturated rings. The monoisotopic (exact) mass is 483 g/mol. The predicted molar refractivity (Wildman–Crippen MR) is 131 cm³/mol. The maximum atomic E-state index is 12.2. The van der Waals surface area contributed by atoms with Gasteiger partial charge in [0, 0.05) is 24.2 Å². The number of anilines is 1. The van der Waals surface area contributed by atoms with Crippen molar-refractivity contribution in [3.63, 3.8) is 0 Å². The first-order chi connectivity index (χ1) is 16.1. The lowest BCUT2D eigenvalue weighted by atomic mass is 10.1. The first kappa shape index (κ1) is 23.6. The molecule has 1 aromatic heterocycles. The number of nitrogens with two attached hydrogens (primary N) is 1. The van der Waals surface area contributed by atoms with Crippen LogP contribution in [0.5, 0.6) is 17.5 Å². The maximum Gasteiger partial charge on any atom is 0.297 e. The van der Waals surface area contributed by atoms with Crippen LogP contribution in [-0.4, -0.2) is 34.3 Å². The number of fused-ring (bicyclic) bond motifs is 1. The average Bonchev–Trinajstić information content (AvgIpc) is 3.41. The number of hydrogen-bond donors (Lipinski definition) is 2. The van der Waals surface area contributed by atoms with Crippen molar-refractivity contribution in [2.24, 2.45) is 10.7 Å². The summed E-state index contributed by atoms with van der Waals surface area (Å²) in [5.41, 5.74) is 8.48. The summed E-state index contributed by atoms with van der Waals surface area (Å²) in [7, 11) is 1.62. The summed E-state index contributed by atoms with van der Waals surface area (Å²) in [6.45, 7) is 5.34. The quantitative estimate of drug-likeness (QED) is 0.396. The first-order valence-electron chi connectivity index (χ1n) is 10.9. The van der Waals surface area contributed by atoms with Gasteiger partial charge in [0.25, 0.3) is 11.9 Å². The molecule has 0 radical (unpaired) electrons. The number of rotatable bonds is 6. The van der Waals surface area contributed by atoms with Crippen molar-refractivity contribution in [1.29, 1.82) is 0 Å². The lowest BCUT2D eigenvalue weighted by molar-refractivity contribution is -0.116. The molecule has 0 saturated heterocycles. The van der Waals surface area contributed by atoms with Crippen LogP contribution in [0.1, 0.15) is 39.2 Å². The van der Waals surface area contributed by atoms with E-state index in [-0.39, 0.29) is 5.54 Å². The van der Waals surface area contributed by atoms with E-state index in [0.29, 0.717) is 34.6 Å². The highest BCUT2D eigenvalue weighted by atomic mass is 35.5. The third kappa shape index (κ3) is 4.56. The van der Waals surface area contributed by atoms with Crippen LogP contribution in [0.3, 0.4) is 0 Å². The van der Waals surface area contributed by atoms with E-state index in [9.17, 15) is 9.59 Å². The zero-order chi connectivity index (χ0) is 24.6. The fraction of sp³-hybridized carbons (Fsp3) is 0.333. The minimum absolute atomic E-state index is 0.0155. The molecule has 3 aromatic rings. The van der Waals surface area contributed by atoms with Crippen molar-refractivity contribution in [3.8, 4) is 17.5 Å². The summed E-state index contributed by atoms with van der Waals surface area (Å²) in [6.07, 6.45) is 2.71. The lowest BCUT2D eigenvalue weighted by Crippen LogP contribution is -2.31. The van der Waals surface area contributed by atoms with E-state index in [4.69, 9.17) is 26.8 Å². The van der Waals surface area contributed by atoms with Crippen molar-refractivity contribution in [2.75, 3.05) is 12.4 Å². The Labute approximate surface area is 201 Å². The molecule has 1 saturated carbocycles. The van der Waals surface area contributed by atoms with Crippen LogP contribution < -0.4 is 20.5 Å². The molecule has 1 aliphatic carbocycles. The SMILES string of the molecule is CCc1cc(NC(=O)C(N)=NC(C)=O)cc(Cl)c1Oc1ccc2nc(OC)n(C3(C)CC3)c2c1. The van der Waals surface area contributed by atoms with E-state index >= 15 is 0 Å². The van der Waals surface area contributed by atoms with E-state index < -0.39 is 17.6 Å². The van der Waals surface area contributed by atoms with Gasteiger partial charge in [-0.2, -0.15) is 9.98 Å². The zero-order valence-corrected chi connectivity index (χ0v) is 20.2. The third-order valence-electron chi connectivity index (χ3n) is 5.78. The molecule has 2 amide bonds. The first-order valence-corrected chi connectivity index (χ1v) is 11.3. The van der Waals surface area contributed by atoms with Crippen molar-refractivity contribution in [3.05, 3.63) is 40.9 Å². The highest BCUT2D eigenvalue weighted by Gasteiger charge is 2.42. The van der Waals surface area contributed by atoms with Gasteiger partial charge in [0.15, 0.2) is 5.84 Å². The molecule has 0 atom stereocenters. The second-order valence-corrected chi connectivity index (χ2v) is 8.86. The summed E-state index contributed by atoms with van der Waals surface area (Å²) in [5.74, 6) is -0.584. The molecule has 0 unspecified atom stereocenters. The second kappa shape index (κ2) is 8.98. The van der Waals surface area contributed by atoms with Crippen LogP contribution in [0.2, 0.25) is 5.02 Å². The number of halogens is 1. The van der Waals surface area contributed by atoms with Crippen LogP contribution in [0, 0.1) is 0 Å². The highest BCUT2D eigenvalue weighted by Crippen LogP contribution is 2.48. The molecule has 1 heterocycles. The number of benzene rings is 2. The number of imidazole rings is 1. The Balaban J connectivity index is 1.65. The number of carbonyl (C=O) groups excluding carboxylic acids is 2. The number of carbonyl (C=O) groups is 2. The third-order valence-corrected chi connectivity index (χ3v) is 6.06. The van der Waals surface area contributed by atoms with Crippen LogP contribution in [0.4, 0.5) is 5.69 Å². The molecule has 0 spiro atoms. The lowest BCUT2D eigenvalue weighted by Gasteiger charge is -2.16. The summed E-state index contributed by atoms with van der Waals surface area (Å²) in [6, 6.07) is 9.54. The van der Waals surface area contributed by atoms with E-state index in [1.165, 1.54) is 6.92 Å². The molecule has 1 aliphatic rings. The minimum atomic E-state index is -0.691. The molecular formula is C24H26ClN5O4. The zero-order valence-electron chi connectivity index (χ0n) is 19.4. The summed E-state index contributed by atoms with van der Waals surface area (Å²) in [4.78, 5) is 31.3. The summed E-state index contributed by atoms with van der Waals surface area (Å²) in [5, 5.41) is 2.92. The summed E-state index contributed by atoms with van der Waals surface area (Å²) < 4.78 is 13.8. The topological polar surface area (TPSA) is 121 Å². The molecule has 3 N–H and O–H groups in total. The van der Waals surface area contributed by atoms with Gasteiger partial charge in [-0.3, -0.25) is 14.2 Å². The van der Waals surface area contributed by atoms with Gasteiger partial charge in [-0.1, -0.05) is 18.5 Å². The number of hydrogen-bond acceptors (Lipinski definition) is 5. The van der Waals surface area contributed by atoms with Gasteiger partial charge in [0.2, 0.25) is 5.91 Å².